The Bertz CT molecular complexity index is 759. The van der Waals surface area contributed by atoms with Crippen LogP contribution in [0.15, 0.2) is 47.3 Å². The van der Waals surface area contributed by atoms with Gasteiger partial charge in [-0.05, 0) is 75.6 Å². The van der Waals surface area contributed by atoms with Crippen molar-refractivity contribution < 1.29 is 9.18 Å². The van der Waals surface area contributed by atoms with Gasteiger partial charge in [0.05, 0.1) is 11.6 Å². The molecule has 2 aliphatic heterocycles. The van der Waals surface area contributed by atoms with Gasteiger partial charge in [-0.1, -0.05) is 17.7 Å². The lowest BCUT2D eigenvalue weighted by atomic mass is 9.91. The summed E-state index contributed by atoms with van der Waals surface area (Å²) in [5.41, 5.74) is 3.63. The average molecular weight is 368 g/mol. The largest absolute Gasteiger partial charge is 0.372 e. The Morgan fingerprint density at radius 3 is 2.44 bits per heavy atom. The minimum Gasteiger partial charge on any atom is -0.372 e. The van der Waals surface area contributed by atoms with Crippen molar-refractivity contribution in [1.29, 1.82) is 0 Å². The molecule has 0 aromatic heterocycles. The van der Waals surface area contributed by atoms with E-state index in [1.165, 1.54) is 24.1 Å². The summed E-state index contributed by atoms with van der Waals surface area (Å²) in [5, 5.41) is 0. The second kappa shape index (κ2) is 7.87. The van der Waals surface area contributed by atoms with Crippen LogP contribution in [0.3, 0.4) is 0 Å². The highest BCUT2D eigenvalue weighted by Crippen LogP contribution is 2.36. The van der Waals surface area contributed by atoms with Crippen LogP contribution in [0.25, 0.3) is 0 Å². The normalized spacial score (nSPS) is 23.6. The van der Waals surface area contributed by atoms with Gasteiger partial charge in [0.25, 0.3) is 5.91 Å². The molecule has 0 bridgehead atoms. The molecule has 4 heteroatoms. The number of carbonyl (C=O) groups excluding carboxylic acids is 1. The van der Waals surface area contributed by atoms with E-state index in [0.29, 0.717) is 18.5 Å². The van der Waals surface area contributed by atoms with Crippen LogP contribution in [0.4, 0.5) is 10.1 Å². The van der Waals surface area contributed by atoms with Gasteiger partial charge in [0.1, 0.15) is 5.83 Å². The monoisotopic (exact) mass is 368 g/mol. The Kier molecular flexibility index (Phi) is 5.33. The molecule has 0 spiro atoms. The fraction of sp³-hybridized carbons (Fsp3) is 0.522. The van der Waals surface area contributed by atoms with E-state index in [1.807, 2.05) is 11.8 Å². The number of benzene rings is 1. The molecule has 1 amide bonds. The minimum absolute atomic E-state index is 0.0499. The van der Waals surface area contributed by atoms with E-state index >= 15 is 0 Å². The van der Waals surface area contributed by atoms with Crippen LogP contribution in [0.2, 0.25) is 0 Å². The van der Waals surface area contributed by atoms with E-state index in [0.717, 1.165) is 44.3 Å². The molecule has 1 aromatic carbocycles. The van der Waals surface area contributed by atoms with Crippen molar-refractivity contribution in [1.82, 2.24) is 4.90 Å². The zero-order valence-electron chi connectivity index (χ0n) is 16.2. The molecule has 3 nitrogen and oxygen atoms in total. The number of hydrogen-bond donors (Lipinski definition) is 0. The number of amides is 1. The fourth-order valence-electron chi connectivity index (χ4n) is 4.68. The summed E-state index contributed by atoms with van der Waals surface area (Å²) >= 11 is 0. The highest BCUT2D eigenvalue weighted by Gasteiger charge is 2.32. The van der Waals surface area contributed by atoms with Crippen molar-refractivity contribution >= 4 is 11.6 Å². The standard InChI is InChI=1S/C23H29FN2O/c1-17-7-6-8-20(24)22(17)23(27)26-16-3-2-9-21(26)18-10-12-19(13-11-18)25-14-4-5-15-25/h8,10-13,21H,2-7,9,14-16H2,1H3. The minimum atomic E-state index is -0.336. The molecule has 2 fully saturated rings. The summed E-state index contributed by atoms with van der Waals surface area (Å²) in [5.74, 6) is -0.466. The van der Waals surface area contributed by atoms with Gasteiger partial charge in [-0.3, -0.25) is 4.79 Å². The van der Waals surface area contributed by atoms with Gasteiger partial charge in [0.15, 0.2) is 0 Å². The lowest BCUT2D eigenvalue weighted by Crippen LogP contribution is -2.40. The fourth-order valence-corrected chi connectivity index (χ4v) is 4.68. The Hall–Kier alpha value is -2.10. The first-order chi connectivity index (χ1) is 13.1. The lowest BCUT2D eigenvalue weighted by Gasteiger charge is -2.37. The first kappa shape index (κ1) is 18.3. The third-order valence-corrected chi connectivity index (χ3v) is 6.24. The summed E-state index contributed by atoms with van der Waals surface area (Å²) in [7, 11) is 0. The Morgan fingerprint density at radius 1 is 1.04 bits per heavy atom. The summed E-state index contributed by atoms with van der Waals surface area (Å²) < 4.78 is 14.4. The van der Waals surface area contributed by atoms with E-state index in [4.69, 9.17) is 0 Å². The highest BCUT2D eigenvalue weighted by atomic mass is 19.1. The van der Waals surface area contributed by atoms with E-state index in [-0.39, 0.29) is 17.8 Å². The Balaban J connectivity index is 1.57. The Labute approximate surface area is 161 Å². The van der Waals surface area contributed by atoms with Crippen molar-refractivity contribution in [2.24, 2.45) is 0 Å². The summed E-state index contributed by atoms with van der Waals surface area (Å²) in [4.78, 5) is 17.5. The molecule has 2 heterocycles. The van der Waals surface area contributed by atoms with Gasteiger partial charge in [-0.25, -0.2) is 4.39 Å². The molecule has 2 saturated heterocycles. The van der Waals surface area contributed by atoms with Gasteiger partial charge in [-0.2, -0.15) is 0 Å². The third kappa shape index (κ3) is 3.67. The van der Waals surface area contributed by atoms with Crippen molar-refractivity contribution in [3.05, 3.63) is 52.9 Å². The number of hydrogen-bond acceptors (Lipinski definition) is 2. The smallest absolute Gasteiger partial charge is 0.257 e. The summed E-state index contributed by atoms with van der Waals surface area (Å²) in [6.07, 6.45) is 8.61. The molecule has 27 heavy (non-hydrogen) atoms. The number of halogens is 1. The molecule has 1 atom stereocenters. The molecule has 0 N–H and O–H groups in total. The van der Waals surface area contributed by atoms with E-state index < -0.39 is 0 Å². The topological polar surface area (TPSA) is 23.6 Å². The molecule has 4 rings (SSSR count). The SMILES string of the molecule is CC1=C(C(=O)N2CCCCC2c2ccc(N3CCCC3)cc2)C(F)=CCC1. The molecule has 1 unspecified atom stereocenters. The third-order valence-electron chi connectivity index (χ3n) is 6.24. The van der Waals surface area contributed by atoms with Crippen molar-refractivity contribution in [2.45, 2.75) is 57.9 Å². The van der Waals surface area contributed by atoms with E-state index in [1.54, 1.807) is 6.08 Å². The number of nitrogens with zero attached hydrogens (tertiary/aromatic N) is 2. The number of likely N-dealkylation sites (tertiary alicyclic amines) is 1. The predicted octanol–water partition coefficient (Wildman–Crippen LogP) is 5.30. The summed E-state index contributed by atoms with van der Waals surface area (Å²) in [6.45, 7) is 4.86. The van der Waals surface area contributed by atoms with Gasteiger partial charge in [0.2, 0.25) is 0 Å². The van der Waals surface area contributed by atoms with Crippen LogP contribution in [-0.2, 0) is 4.79 Å². The number of carbonyl (C=O) groups is 1. The second-order valence-electron chi connectivity index (χ2n) is 8.04. The molecule has 3 aliphatic rings. The van der Waals surface area contributed by atoms with Gasteiger partial charge in [-0.15, -0.1) is 0 Å². The van der Waals surface area contributed by atoms with Crippen LogP contribution < -0.4 is 4.90 Å². The first-order valence-electron chi connectivity index (χ1n) is 10.4. The Morgan fingerprint density at radius 2 is 1.74 bits per heavy atom. The number of allylic oxidation sites excluding steroid dienone is 2. The van der Waals surface area contributed by atoms with Gasteiger partial charge >= 0.3 is 0 Å². The van der Waals surface area contributed by atoms with E-state index in [9.17, 15) is 9.18 Å². The maximum atomic E-state index is 14.4. The van der Waals surface area contributed by atoms with Crippen LogP contribution in [0.5, 0.6) is 0 Å². The van der Waals surface area contributed by atoms with Crippen molar-refractivity contribution in [3.63, 3.8) is 0 Å². The van der Waals surface area contributed by atoms with Crippen molar-refractivity contribution in [3.8, 4) is 0 Å². The molecule has 0 saturated carbocycles. The zero-order valence-corrected chi connectivity index (χ0v) is 16.2. The molecule has 1 aliphatic carbocycles. The average Bonchev–Trinajstić information content (AvgIpc) is 3.23. The maximum Gasteiger partial charge on any atom is 0.257 e. The van der Waals surface area contributed by atoms with Gasteiger partial charge in [0, 0.05) is 25.3 Å². The first-order valence-corrected chi connectivity index (χ1v) is 10.4. The number of rotatable bonds is 3. The molecule has 0 radical (unpaired) electrons. The number of piperidine rings is 1. The van der Waals surface area contributed by atoms with Gasteiger partial charge < -0.3 is 9.80 Å². The molecule has 144 valence electrons. The maximum absolute atomic E-state index is 14.4. The quantitative estimate of drug-likeness (QED) is 0.722. The predicted molar refractivity (Wildman–Crippen MR) is 107 cm³/mol. The van der Waals surface area contributed by atoms with Crippen LogP contribution >= 0.6 is 0 Å². The number of anilines is 1. The molecular weight excluding hydrogens is 339 g/mol. The highest BCUT2D eigenvalue weighted by molar-refractivity contribution is 5.98. The second-order valence-corrected chi connectivity index (χ2v) is 8.04. The summed E-state index contributed by atoms with van der Waals surface area (Å²) in [6, 6.07) is 8.75. The van der Waals surface area contributed by atoms with Crippen LogP contribution in [0.1, 0.15) is 63.5 Å². The van der Waals surface area contributed by atoms with E-state index in [2.05, 4.69) is 29.2 Å². The molecular formula is C23H29FN2O. The molecule has 1 aromatic rings. The van der Waals surface area contributed by atoms with Crippen LogP contribution in [0, 0.1) is 0 Å². The zero-order chi connectivity index (χ0) is 18.8. The van der Waals surface area contributed by atoms with Crippen molar-refractivity contribution in [2.75, 3.05) is 24.5 Å². The lowest BCUT2D eigenvalue weighted by molar-refractivity contribution is -0.130. The van der Waals surface area contributed by atoms with Crippen LogP contribution in [-0.4, -0.2) is 30.4 Å².